The van der Waals surface area contributed by atoms with Crippen molar-refractivity contribution in [3.05, 3.63) is 72.4 Å². The summed E-state index contributed by atoms with van der Waals surface area (Å²) in [6, 6.07) is 16.7. The lowest BCUT2D eigenvalue weighted by molar-refractivity contribution is -0.141. The number of amides is 4. The number of rotatable bonds is 9. The number of benzene rings is 2. The average molecular weight is 697 g/mol. The number of nitrogens with two attached hydrogens (primary N) is 1. The fourth-order valence-corrected chi connectivity index (χ4v) is 5.65. The van der Waals surface area contributed by atoms with E-state index in [1.807, 2.05) is 60.7 Å². The van der Waals surface area contributed by atoms with Crippen LogP contribution in [0.1, 0.15) is 18.4 Å². The van der Waals surface area contributed by atoms with Crippen LogP contribution in [0.25, 0.3) is 10.9 Å². The fraction of sp³-hybridized carbons (Fsp3) is 0.387. The highest BCUT2D eigenvalue weighted by Crippen LogP contribution is 2.23. The van der Waals surface area contributed by atoms with Crippen molar-refractivity contribution in [2.75, 3.05) is 38.0 Å². The minimum absolute atomic E-state index is 0. The molecule has 3 aromatic rings. The maximum Gasteiger partial charge on any atom is 0.249 e. The number of likely N-dealkylation sites (tertiary alicyclic amines) is 1. The van der Waals surface area contributed by atoms with E-state index < -0.39 is 36.0 Å². The number of halogens is 3. The summed E-state index contributed by atoms with van der Waals surface area (Å²) >= 11 is 0. The second-order valence-corrected chi connectivity index (χ2v) is 10.9. The minimum Gasteiger partial charge on any atom is -0.383 e. The first-order chi connectivity index (χ1) is 20.8. The maximum atomic E-state index is 13.8. The molecule has 0 saturated carbocycles. The van der Waals surface area contributed by atoms with Gasteiger partial charge >= 0.3 is 0 Å². The molecule has 2 fully saturated rings. The molecule has 1 unspecified atom stereocenters. The number of hydrogen-bond donors (Lipinski definition) is 5. The lowest BCUT2D eigenvalue weighted by Gasteiger charge is -2.36. The van der Waals surface area contributed by atoms with Gasteiger partial charge in [0, 0.05) is 37.6 Å². The van der Waals surface area contributed by atoms with Crippen LogP contribution >= 0.6 is 37.2 Å². The molecule has 5 rings (SSSR count). The van der Waals surface area contributed by atoms with Crippen LogP contribution in [-0.4, -0.2) is 100 Å². The molecule has 2 aliphatic rings. The van der Waals surface area contributed by atoms with Crippen molar-refractivity contribution in [2.24, 2.45) is 5.73 Å². The molecule has 15 heteroatoms. The zero-order valence-corrected chi connectivity index (χ0v) is 27.5. The number of para-hydroxylation sites is 1. The van der Waals surface area contributed by atoms with Crippen LogP contribution < -0.4 is 21.7 Å². The van der Waals surface area contributed by atoms with Gasteiger partial charge in [-0.1, -0.05) is 48.5 Å². The van der Waals surface area contributed by atoms with E-state index in [2.05, 4.69) is 20.9 Å². The summed E-state index contributed by atoms with van der Waals surface area (Å²) in [5.41, 5.74) is 7.81. The molecule has 46 heavy (non-hydrogen) atoms. The molecule has 0 radical (unpaired) electrons. The number of pyridine rings is 1. The molecule has 2 aromatic carbocycles. The van der Waals surface area contributed by atoms with Crippen molar-refractivity contribution in [1.29, 1.82) is 0 Å². The van der Waals surface area contributed by atoms with E-state index in [9.17, 15) is 24.3 Å². The molecular weight excluding hydrogens is 657 g/mol. The first-order valence-corrected chi connectivity index (χ1v) is 14.5. The molecule has 250 valence electrons. The first-order valence-electron chi connectivity index (χ1n) is 14.5. The number of hydrogen-bond acceptors (Lipinski definition) is 8. The van der Waals surface area contributed by atoms with Gasteiger partial charge < -0.3 is 36.6 Å². The Morgan fingerprint density at radius 2 is 1.74 bits per heavy atom. The highest BCUT2D eigenvalue weighted by Gasteiger charge is 2.43. The molecule has 1 aromatic heterocycles. The normalized spacial score (nSPS) is 19.6. The van der Waals surface area contributed by atoms with Crippen molar-refractivity contribution in [2.45, 2.75) is 43.5 Å². The van der Waals surface area contributed by atoms with Gasteiger partial charge in [-0.25, -0.2) is 0 Å². The van der Waals surface area contributed by atoms with E-state index in [1.165, 1.54) is 9.80 Å². The third-order valence-corrected chi connectivity index (χ3v) is 7.94. The summed E-state index contributed by atoms with van der Waals surface area (Å²) in [7, 11) is 0. The minimum atomic E-state index is -1.24. The zero-order valence-electron chi connectivity index (χ0n) is 25.0. The van der Waals surface area contributed by atoms with E-state index in [1.54, 1.807) is 6.20 Å². The molecule has 4 amide bonds. The summed E-state index contributed by atoms with van der Waals surface area (Å²) in [6.07, 6.45) is 1.25. The summed E-state index contributed by atoms with van der Waals surface area (Å²) in [5.74, 6) is -1.58. The molecular formula is C31H40Cl3N7O5. The van der Waals surface area contributed by atoms with Gasteiger partial charge in [0.05, 0.1) is 23.9 Å². The Hall–Kier alpha value is -3.52. The van der Waals surface area contributed by atoms with E-state index >= 15 is 0 Å². The highest BCUT2D eigenvalue weighted by molar-refractivity contribution is 5.99. The van der Waals surface area contributed by atoms with Crippen LogP contribution in [-0.2, 0) is 25.6 Å². The number of fused-ring (bicyclic) bond motifs is 1. The van der Waals surface area contributed by atoms with Gasteiger partial charge in [0.1, 0.15) is 18.2 Å². The number of nitrogens with one attached hydrogen (secondary N) is 3. The maximum absolute atomic E-state index is 13.8. The second kappa shape index (κ2) is 18.0. The standard InChI is InChI=1S/C31H37N7O5.3ClH/c32-16-28(40)37-13-12-33-25(19-37)31(43)38-18-23(36-30(42)27(39)11-10-20-6-2-1-3-7-20)15-26(38)29(41)35-22-14-21-8-4-5-9-24(21)34-17-22;;;/h1-9,14,17,23,25-27,33,39H,10-13,15-16,18-19,32H2,(H,35,41)(H,36,42);3*1H/t23-,25?,26+,27-;;;/m1.../s1. The average Bonchev–Trinajstić information content (AvgIpc) is 3.47. The lowest BCUT2D eigenvalue weighted by atomic mass is 10.1. The Kier molecular flexibility index (Phi) is 15.1. The third kappa shape index (κ3) is 9.50. The van der Waals surface area contributed by atoms with Gasteiger partial charge in [-0.05, 0) is 37.0 Å². The number of aliphatic hydroxyl groups excluding tert-OH is 1. The van der Waals surface area contributed by atoms with Crippen LogP contribution in [0, 0.1) is 0 Å². The van der Waals surface area contributed by atoms with Crippen molar-refractivity contribution in [3.8, 4) is 0 Å². The van der Waals surface area contributed by atoms with E-state index in [-0.39, 0.29) is 81.5 Å². The molecule has 6 N–H and O–H groups in total. The van der Waals surface area contributed by atoms with Crippen molar-refractivity contribution < 1.29 is 24.3 Å². The molecule has 0 bridgehead atoms. The van der Waals surface area contributed by atoms with Gasteiger partial charge in [-0.2, -0.15) is 0 Å². The lowest BCUT2D eigenvalue weighted by Crippen LogP contribution is -2.61. The van der Waals surface area contributed by atoms with Gasteiger partial charge in [0.2, 0.25) is 23.6 Å². The predicted molar refractivity (Wildman–Crippen MR) is 182 cm³/mol. The third-order valence-electron chi connectivity index (χ3n) is 7.94. The van der Waals surface area contributed by atoms with Crippen molar-refractivity contribution >= 4 is 77.4 Å². The highest BCUT2D eigenvalue weighted by atomic mass is 35.5. The Balaban J connectivity index is 0.00000245. The summed E-state index contributed by atoms with van der Waals surface area (Å²) in [6.45, 7) is 0.883. The Morgan fingerprint density at radius 3 is 2.48 bits per heavy atom. The Bertz CT molecular complexity index is 1490. The fourth-order valence-electron chi connectivity index (χ4n) is 5.65. The number of piperazine rings is 1. The van der Waals surface area contributed by atoms with Crippen LogP contribution in [0.15, 0.2) is 66.9 Å². The van der Waals surface area contributed by atoms with E-state index in [0.29, 0.717) is 25.2 Å². The number of aryl methyl sites for hydroxylation is 1. The number of carbonyl (C=O) groups excluding carboxylic acids is 4. The molecule has 0 spiro atoms. The molecule has 3 heterocycles. The Morgan fingerprint density at radius 1 is 1.02 bits per heavy atom. The number of aliphatic hydroxyl groups is 1. The SMILES string of the molecule is Cl.Cl.Cl.NCC(=O)N1CCNC(C(=O)N2C[C@H](NC(=O)[C@H](O)CCc3ccccc3)C[C@H]2C(=O)Nc2cnc3ccccc3c2)C1. The van der Waals surface area contributed by atoms with Gasteiger partial charge in [-0.3, -0.25) is 24.2 Å². The van der Waals surface area contributed by atoms with Crippen LogP contribution in [0.2, 0.25) is 0 Å². The quantitative estimate of drug-likeness (QED) is 0.223. The summed E-state index contributed by atoms with van der Waals surface area (Å²) in [4.78, 5) is 59.8. The molecule has 4 atom stereocenters. The molecule has 2 aliphatic heterocycles. The smallest absolute Gasteiger partial charge is 0.249 e. The number of carbonyl (C=O) groups is 4. The van der Waals surface area contributed by atoms with Gasteiger partial charge in [0.25, 0.3) is 0 Å². The van der Waals surface area contributed by atoms with Crippen LogP contribution in [0.4, 0.5) is 5.69 Å². The van der Waals surface area contributed by atoms with Crippen LogP contribution in [0.3, 0.4) is 0 Å². The van der Waals surface area contributed by atoms with Gasteiger partial charge in [-0.15, -0.1) is 37.2 Å². The van der Waals surface area contributed by atoms with Crippen molar-refractivity contribution in [1.82, 2.24) is 25.4 Å². The summed E-state index contributed by atoms with van der Waals surface area (Å²) < 4.78 is 0. The first kappa shape index (κ1) is 38.7. The predicted octanol–water partition coefficient (Wildman–Crippen LogP) is 1.28. The largest absolute Gasteiger partial charge is 0.383 e. The number of aromatic nitrogens is 1. The topological polar surface area (TPSA) is 170 Å². The second-order valence-electron chi connectivity index (χ2n) is 10.9. The van der Waals surface area contributed by atoms with E-state index in [4.69, 9.17) is 5.73 Å². The molecule has 0 aliphatic carbocycles. The summed E-state index contributed by atoms with van der Waals surface area (Å²) in [5, 5.41) is 20.3. The van der Waals surface area contributed by atoms with E-state index in [0.717, 1.165) is 16.5 Å². The van der Waals surface area contributed by atoms with Crippen LogP contribution in [0.5, 0.6) is 0 Å². The number of anilines is 1. The number of nitrogens with zero attached hydrogens (tertiary/aromatic N) is 3. The zero-order chi connectivity index (χ0) is 30.3. The molecule has 12 nitrogen and oxygen atoms in total. The Labute approximate surface area is 286 Å². The van der Waals surface area contributed by atoms with Gasteiger partial charge in [0.15, 0.2) is 0 Å². The molecule has 2 saturated heterocycles. The van der Waals surface area contributed by atoms with Crippen molar-refractivity contribution in [3.63, 3.8) is 0 Å². The monoisotopic (exact) mass is 695 g/mol.